The van der Waals surface area contributed by atoms with Crippen molar-refractivity contribution in [1.82, 2.24) is 0 Å². The fourth-order valence-corrected chi connectivity index (χ4v) is 2.26. The third-order valence-electron chi connectivity index (χ3n) is 2.95. The van der Waals surface area contributed by atoms with Crippen LogP contribution in [0.1, 0.15) is 70.6 Å². The zero-order valence-electron chi connectivity index (χ0n) is 11.1. The van der Waals surface area contributed by atoms with Gasteiger partial charge in [0, 0.05) is 18.2 Å². The number of alkyl halides is 1. The molecule has 0 aliphatic rings. The minimum Gasteiger partial charge on any atom is -0.300 e. The van der Waals surface area contributed by atoms with E-state index in [1.807, 2.05) is 6.08 Å². The Labute approximate surface area is 115 Å². The van der Waals surface area contributed by atoms with Crippen LogP contribution in [0.15, 0.2) is 12.7 Å². The Morgan fingerprint density at radius 1 is 0.882 bits per heavy atom. The van der Waals surface area contributed by atoms with Crippen molar-refractivity contribution in [2.75, 3.05) is 5.33 Å². The fourth-order valence-electron chi connectivity index (χ4n) is 1.86. The van der Waals surface area contributed by atoms with Crippen LogP contribution in [0.3, 0.4) is 0 Å². The third kappa shape index (κ3) is 13.8. The van der Waals surface area contributed by atoms with E-state index < -0.39 is 0 Å². The largest absolute Gasteiger partial charge is 0.300 e. The van der Waals surface area contributed by atoms with Crippen molar-refractivity contribution < 1.29 is 4.79 Å². The Morgan fingerprint density at radius 2 is 1.41 bits per heavy atom. The third-order valence-corrected chi connectivity index (χ3v) is 3.51. The highest BCUT2D eigenvalue weighted by Gasteiger charge is 2.01. The second-order valence-corrected chi connectivity index (χ2v) is 5.43. The van der Waals surface area contributed by atoms with Crippen molar-refractivity contribution >= 4 is 21.7 Å². The van der Waals surface area contributed by atoms with E-state index in [2.05, 4.69) is 22.5 Å². The lowest BCUT2D eigenvalue weighted by atomic mass is 10.0. The molecule has 0 aromatic rings. The molecule has 0 heterocycles. The summed E-state index contributed by atoms with van der Waals surface area (Å²) in [5, 5.41) is 1.09. The second kappa shape index (κ2) is 14.0. The minimum absolute atomic E-state index is 0.465. The zero-order chi connectivity index (χ0) is 12.8. The van der Waals surface area contributed by atoms with Crippen molar-refractivity contribution in [2.24, 2.45) is 0 Å². The van der Waals surface area contributed by atoms with Gasteiger partial charge in [0.05, 0.1) is 0 Å². The van der Waals surface area contributed by atoms with Crippen LogP contribution < -0.4 is 0 Å². The van der Waals surface area contributed by atoms with Gasteiger partial charge < -0.3 is 0 Å². The summed E-state index contributed by atoms with van der Waals surface area (Å²) >= 11 is 3.42. The van der Waals surface area contributed by atoms with Crippen LogP contribution in [0.25, 0.3) is 0 Å². The van der Waals surface area contributed by atoms with Gasteiger partial charge in [-0.2, -0.15) is 0 Å². The zero-order valence-corrected chi connectivity index (χ0v) is 12.6. The molecule has 0 spiro atoms. The number of Topliss-reactive ketones (excluding diaryl/α,β-unsaturated/α-hetero) is 1. The summed E-state index contributed by atoms with van der Waals surface area (Å²) in [6.45, 7) is 3.70. The van der Waals surface area contributed by atoms with Crippen molar-refractivity contribution in [3.8, 4) is 0 Å². The Kier molecular flexibility index (Phi) is 13.9. The second-order valence-electron chi connectivity index (χ2n) is 4.63. The Balaban J connectivity index is 3.14. The molecule has 0 aromatic carbocycles. The Hall–Kier alpha value is -0.110. The van der Waals surface area contributed by atoms with Gasteiger partial charge in [-0.3, -0.25) is 4.79 Å². The van der Waals surface area contributed by atoms with Crippen molar-refractivity contribution in [3.05, 3.63) is 12.7 Å². The molecule has 0 atom stereocenters. The summed E-state index contributed by atoms with van der Waals surface area (Å²) in [6, 6.07) is 0. The van der Waals surface area contributed by atoms with Gasteiger partial charge in [0.1, 0.15) is 5.78 Å². The van der Waals surface area contributed by atoms with Gasteiger partial charge in [-0.05, 0) is 32.1 Å². The topological polar surface area (TPSA) is 17.1 Å². The van der Waals surface area contributed by atoms with Gasteiger partial charge >= 0.3 is 0 Å². The van der Waals surface area contributed by atoms with Crippen molar-refractivity contribution in [2.45, 2.75) is 70.6 Å². The molecule has 0 bridgehead atoms. The predicted molar refractivity (Wildman–Crippen MR) is 79.8 cm³/mol. The highest BCUT2D eigenvalue weighted by atomic mass is 79.9. The van der Waals surface area contributed by atoms with E-state index in [1.54, 1.807) is 0 Å². The number of ketones is 1. The highest BCUT2D eigenvalue weighted by Crippen LogP contribution is 2.10. The molecule has 0 N–H and O–H groups in total. The number of halogens is 1. The summed E-state index contributed by atoms with van der Waals surface area (Å²) in [5.41, 5.74) is 0. The molecule has 0 saturated carbocycles. The maximum atomic E-state index is 11.5. The van der Waals surface area contributed by atoms with Crippen LogP contribution in [-0.2, 0) is 4.79 Å². The summed E-state index contributed by atoms with van der Waals surface area (Å²) in [5.74, 6) is 0.465. The van der Waals surface area contributed by atoms with E-state index in [1.165, 1.54) is 38.5 Å². The molecule has 0 aromatic heterocycles. The van der Waals surface area contributed by atoms with Gasteiger partial charge in [-0.1, -0.05) is 47.7 Å². The van der Waals surface area contributed by atoms with Gasteiger partial charge in [-0.25, -0.2) is 0 Å². The quantitative estimate of drug-likeness (QED) is 0.252. The molecule has 2 heteroatoms. The summed E-state index contributed by atoms with van der Waals surface area (Å²) in [6.07, 6.45) is 14.2. The van der Waals surface area contributed by atoms with Crippen LogP contribution in [0.5, 0.6) is 0 Å². The molecule has 0 rings (SSSR count). The lowest BCUT2D eigenvalue weighted by Gasteiger charge is -2.01. The Bertz CT molecular complexity index is 189. The van der Waals surface area contributed by atoms with Gasteiger partial charge in [-0.15, -0.1) is 6.58 Å². The van der Waals surface area contributed by atoms with Gasteiger partial charge in [0.2, 0.25) is 0 Å². The first-order valence-corrected chi connectivity index (χ1v) is 8.12. The average Bonchev–Trinajstić information content (AvgIpc) is 2.33. The number of rotatable bonds is 13. The molecule has 0 unspecified atom stereocenters. The normalized spacial score (nSPS) is 10.4. The maximum absolute atomic E-state index is 11.5. The predicted octanol–water partition coefficient (Wildman–Crippen LogP) is 5.43. The average molecular weight is 303 g/mol. The van der Waals surface area contributed by atoms with E-state index in [-0.39, 0.29) is 0 Å². The number of hydrogen-bond donors (Lipinski definition) is 0. The van der Waals surface area contributed by atoms with Crippen LogP contribution in [0.4, 0.5) is 0 Å². The number of allylic oxidation sites excluding steroid dienone is 1. The lowest BCUT2D eigenvalue weighted by molar-refractivity contribution is -0.119. The SMILES string of the molecule is C=CCCCCCCC(=O)CCCCCCBr. The van der Waals surface area contributed by atoms with Crippen LogP contribution in [0, 0.1) is 0 Å². The molecule has 100 valence electrons. The molecule has 17 heavy (non-hydrogen) atoms. The molecular weight excluding hydrogens is 276 g/mol. The minimum atomic E-state index is 0.465. The standard InChI is InChI=1S/C15H27BrO/c1-2-3-4-5-6-9-12-15(17)13-10-7-8-11-14-16/h2H,1,3-14H2. The maximum Gasteiger partial charge on any atom is 0.132 e. The first kappa shape index (κ1) is 16.9. The van der Waals surface area contributed by atoms with E-state index in [0.717, 1.165) is 37.4 Å². The summed E-state index contributed by atoms with van der Waals surface area (Å²) in [7, 11) is 0. The number of carbonyl (C=O) groups is 1. The highest BCUT2D eigenvalue weighted by molar-refractivity contribution is 9.09. The monoisotopic (exact) mass is 302 g/mol. The molecular formula is C15H27BrO. The Morgan fingerprint density at radius 3 is 1.94 bits per heavy atom. The van der Waals surface area contributed by atoms with E-state index in [4.69, 9.17) is 0 Å². The van der Waals surface area contributed by atoms with Crippen molar-refractivity contribution in [3.63, 3.8) is 0 Å². The van der Waals surface area contributed by atoms with E-state index >= 15 is 0 Å². The fraction of sp³-hybridized carbons (Fsp3) is 0.800. The number of hydrogen-bond acceptors (Lipinski definition) is 1. The molecule has 0 radical (unpaired) electrons. The van der Waals surface area contributed by atoms with Crippen LogP contribution in [-0.4, -0.2) is 11.1 Å². The molecule has 1 nitrogen and oxygen atoms in total. The van der Waals surface area contributed by atoms with E-state index in [9.17, 15) is 4.79 Å². The van der Waals surface area contributed by atoms with Crippen molar-refractivity contribution in [1.29, 1.82) is 0 Å². The molecule has 0 fully saturated rings. The van der Waals surface area contributed by atoms with Crippen LogP contribution >= 0.6 is 15.9 Å². The van der Waals surface area contributed by atoms with Gasteiger partial charge in [0.25, 0.3) is 0 Å². The first-order chi connectivity index (χ1) is 8.31. The number of carbonyl (C=O) groups excluding carboxylic acids is 1. The lowest BCUT2D eigenvalue weighted by Crippen LogP contribution is -1.97. The molecule has 0 aliphatic carbocycles. The first-order valence-electron chi connectivity index (χ1n) is 6.99. The van der Waals surface area contributed by atoms with Crippen LogP contribution in [0.2, 0.25) is 0 Å². The number of unbranched alkanes of at least 4 members (excludes halogenated alkanes) is 7. The summed E-state index contributed by atoms with van der Waals surface area (Å²) in [4.78, 5) is 11.5. The smallest absolute Gasteiger partial charge is 0.132 e. The summed E-state index contributed by atoms with van der Waals surface area (Å²) < 4.78 is 0. The molecule has 0 aliphatic heterocycles. The van der Waals surface area contributed by atoms with E-state index in [0.29, 0.717) is 5.78 Å². The van der Waals surface area contributed by atoms with Gasteiger partial charge in [0.15, 0.2) is 0 Å². The molecule has 0 saturated heterocycles. The molecule has 0 amide bonds.